The van der Waals surface area contributed by atoms with E-state index in [9.17, 15) is 8.42 Å². The van der Waals surface area contributed by atoms with E-state index in [1.807, 2.05) is 20.8 Å². The molecular weight excluding hydrogens is 274 g/mol. The van der Waals surface area contributed by atoms with Gasteiger partial charge in [-0.25, -0.2) is 0 Å². The molecule has 6 heteroatoms. The van der Waals surface area contributed by atoms with Gasteiger partial charge < -0.3 is 5.32 Å². The van der Waals surface area contributed by atoms with Crippen molar-refractivity contribution >= 4 is 10.2 Å². The lowest BCUT2D eigenvalue weighted by atomic mass is 10.1. The van der Waals surface area contributed by atoms with Crippen LogP contribution in [-0.4, -0.2) is 55.3 Å². The summed E-state index contributed by atoms with van der Waals surface area (Å²) < 4.78 is 28.1. The fourth-order valence-electron chi connectivity index (χ4n) is 2.01. The van der Waals surface area contributed by atoms with Gasteiger partial charge >= 0.3 is 0 Å². The highest BCUT2D eigenvalue weighted by atomic mass is 32.2. The van der Waals surface area contributed by atoms with Crippen molar-refractivity contribution in [2.24, 2.45) is 0 Å². The maximum atomic E-state index is 12.6. The molecule has 118 valence electrons. The molecule has 1 fully saturated rings. The van der Waals surface area contributed by atoms with Crippen LogP contribution in [0.4, 0.5) is 0 Å². The van der Waals surface area contributed by atoms with Gasteiger partial charge in [0.15, 0.2) is 0 Å². The summed E-state index contributed by atoms with van der Waals surface area (Å²) in [6.07, 6.45) is 4.97. The largest absolute Gasteiger partial charge is 0.314 e. The van der Waals surface area contributed by atoms with E-state index in [2.05, 4.69) is 11.9 Å². The molecule has 1 aliphatic rings. The number of hydrogen-bond acceptors (Lipinski definition) is 3. The second kappa shape index (κ2) is 7.02. The van der Waals surface area contributed by atoms with Crippen molar-refractivity contribution in [2.75, 3.05) is 26.7 Å². The molecule has 0 atom stereocenters. The molecule has 1 saturated carbocycles. The SMILES string of the molecule is C=CCN(C(C)(C)C)S(=O)(=O)N(C)CCCNC1CC1. The molecule has 0 unspecified atom stereocenters. The van der Waals surface area contributed by atoms with Crippen molar-refractivity contribution in [3.05, 3.63) is 12.7 Å². The van der Waals surface area contributed by atoms with Gasteiger partial charge in [-0.15, -0.1) is 6.58 Å². The topological polar surface area (TPSA) is 52.7 Å². The fourth-order valence-corrected chi connectivity index (χ4v) is 3.69. The Morgan fingerprint density at radius 3 is 2.40 bits per heavy atom. The Bertz CT molecular complexity index is 411. The maximum Gasteiger partial charge on any atom is 0.282 e. The van der Waals surface area contributed by atoms with E-state index in [1.165, 1.54) is 21.5 Å². The van der Waals surface area contributed by atoms with Gasteiger partial charge in [0.05, 0.1) is 0 Å². The molecular formula is C14H29N3O2S. The predicted octanol–water partition coefficient (Wildman–Crippen LogP) is 1.59. The van der Waals surface area contributed by atoms with Crippen molar-refractivity contribution in [3.63, 3.8) is 0 Å². The smallest absolute Gasteiger partial charge is 0.282 e. The minimum atomic E-state index is -3.44. The summed E-state index contributed by atoms with van der Waals surface area (Å²) >= 11 is 0. The van der Waals surface area contributed by atoms with Crippen molar-refractivity contribution < 1.29 is 8.42 Å². The van der Waals surface area contributed by atoms with Crippen LogP contribution in [0.25, 0.3) is 0 Å². The number of rotatable bonds is 9. The summed E-state index contributed by atoms with van der Waals surface area (Å²) in [7, 11) is -1.79. The molecule has 1 N–H and O–H groups in total. The Labute approximate surface area is 124 Å². The zero-order valence-corrected chi connectivity index (χ0v) is 14.0. The van der Waals surface area contributed by atoms with Crippen LogP contribution in [0.15, 0.2) is 12.7 Å². The normalized spacial score (nSPS) is 16.9. The summed E-state index contributed by atoms with van der Waals surface area (Å²) in [5.41, 5.74) is -0.451. The molecule has 0 aromatic carbocycles. The average molecular weight is 303 g/mol. The van der Waals surface area contributed by atoms with Crippen LogP contribution in [0, 0.1) is 0 Å². The van der Waals surface area contributed by atoms with Crippen LogP contribution < -0.4 is 5.32 Å². The molecule has 0 bridgehead atoms. The Balaban J connectivity index is 2.55. The molecule has 0 saturated heterocycles. The van der Waals surface area contributed by atoms with Gasteiger partial charge in [0, 0.05) is 31.7 Å². The van der Waals surface area contributed by atoms with Crippen LogP contribution in [0.3, 0.4) is 0 Å². The second-order valence-corrected chi connectivity index (χ2v) is 8.36. The van der Waals surface area contributed by atoms with Crippen LogP contribution in [0.1, 0.15) is 40.0 Å². The molecule has 0 spiro atoms. The first kappa shape index (κ1) is 17.6. The van der Waals surface area contributed by atoms with Crippen molar-refractivity contribution in [1.29, 1.82) is 0 Å². The minimum absolute atomic E-state index is 0.330. The van der Waals surface area contributed by atoms with Gasteiger partial charge in [-0.1, -0.05) is 6.08 Å². The third-order valence-electron chi connectivity index (χ3n) is 3.38. The van der Waals surface area contributed by atoms with Crippen molar-refractivity contribution in [3.8, 4) is 0 Å². The van der Waals surface area contributed by atoms with Gasteiger partial charge in [-0.3, -0.25) is 0 Å². The van der Waals surface area contributed by atoms with E-state index < -0.39 is 15.7 Å². The second-order valence-electron chi connectivity index (χ2n) is 6.40. The first-order valence-corrected chi connectivity index (χ1v) is 8.67. The van der Waals surface area contributed by atoms with E-state index in [4.69, 9.17) is 0 Å². The highest BCUT2D eigenvalue weighted by Crippen LogP contribution is 2.21. The van der Waals surface area contributed by atoms with E-state index in [-0.39, 0.29) is 0 Å². The number of nitrogens with zero attached hydrogens (tertiary/aromatic N) is 2. The highest BCUT2D eigenvalue weighted by molar-refractivity contribution is 7.86. The first-order valence-electron chi connectivity index (χ1n) is 7.28. The van der Waals surface area contributed by atoms with E-state index >= 15 is 0 Å². The summed E-state index contributed by atoms with van der Waals surface area (Å²) in [5, 5.41) is 3.40. The molecule has 5 nitrogen and oxygen atoms in total. The predicted molar refractivity (Wildman–Crippen MR) is 83.8 cm³/mol. The summed E-state index contributed by atoms with van der Waals surface area (Å²) in [5.74, 6) is 0. The first-order chi connectivity index (χ1) is 9.19. The molecule has 20 heavy (non-hydrogen) atoms. The summed E-state index contributed by atoms with van der Waals surface area (Å²) in [6, 6.07) is 0.670. The lowest BCUT2D eigenvalue weighted by molar-refractivity contribution is 0.249. The van der Waals surface area contributed by atoms with Crippen molar-refractivity contribution in [1.82, 2.24) is 13.9 Å². The summed E-state index contributed by atoms with van der Waals surface area (Å²) in [6.45, 7) is 11.1. The zero-order chi connectivity index (χ0) is 15.4. The Morgan fingerprint density at radius 1 is 1.35 bits per heavy atom. The third-order valence-corrected chi connectivity index (χ3v) is 5.60. The van der Waals surface area contributed by atoms with Gasteiger partial charge in [0.2, 0.25) is 0 Å². The molecule has 0 aromatic heterocycles. The van der Waals surface area contributed by atoms with E-state index in [0.717, 1.165) is 13.0 Å². The molecule has 0 radical (unpaired) electrons. The van der Waals surface area contributed by atoms with E-state index in [1.54, 1.807) is 13.1 Å². The Morgan fingerprint density at radius 2 is 1.95 bits per heavy atom. The van der Waals surface area contributed by atoms with Gasteiger partial charge in [0.1, 0.15) is 0 Å². The number of hydrogen-bond donors (Lipinski definition) is 1. The van der Waals surface area contributed by atoms with Gasteiger partial charge in [-0.05, 0) is 46.6 Å². The highest BCUT2D eigenvalue weighted by Gasteiger charge is 2.34. The maximum absolute atomic E-state index is 12.6. The van der Waals surface area contributed by atoms with Crippen LogP contribution in [0.2, 0.25) is 0 Å². The Hall–Kier alpha value is -0.430. The molecule has 0 aromatic rings. The fraction of sp³-hybridized carbons (Fsp3) is 0.857. The van der Waals surface area contributed by atoms with Crippen LogP contribution in [0.5, 0.6) is 0 Å². The minimum Gasteiger partial charge on any atom is -0.314 e. The lowest BCUT2D eigenvalue weighted by Gasteiger charge is -2.36. The van der Waals surface area contributed by atoms with Crippen molar-refractivity contribution in [2.45, 2.75) is 51.6 Å². The lowest BCUT2D eigenvalue weighted by Crippen LogP contribution is -2.51. The molecule has 1 aliphatic carbocycles. The zero-order valence-electron chi connectivity index (χ0n) is 13.2. The molecule has 0 heterocycles. The quantitative estimate of drug-likeness (QED) is 0.520. The monoisotopic (exact) mass is 303 g/mol. The summed E-state index contributed by atoms with van der Waals surface area (Å²) in [4.78, 5) is 0. The van der Waals surface area contributed by atoms with Gasteiger partial charge in [-0.2, -0.15) is 17.0 Å². The molecule has 0 aliphatic heterocycles. The van der Waals surface area contributed by atoms with E-state index in [0.29, 0.717) is 19.1 Å². The third kappa shape index (κ3) is 5.16. The molecule has 0 amide bonds. The van der Waals surface area contributed by atoms with Crippen LogP contribution in [-0.2, 0) is 10.2 Å². The Kier molecular flexibility index (Phi) is 6.19. The molecule has 1 rings (SSSR count). The van der Waals surface area contributed by atoms with Gasteiger partial charge in [0.25, 0.3) is 10.2 Å². The van der Waals surface area contributed by atoms with Crippen LogP contribution >= 0.6 is 0 Å². The standard InChI is InChI=1S/C14H29N3O2S/c1-6-11-17(14(2,3)4)20(18,19)16(5)12-7-10-15-13-8-9-13/h6,13,15H,1,7-12H2,2-5H3. The average Bonchev–Trinajstić information content (AvgIpc) is 3.13. The number of nitrogens with one attached hydrogen (secondary N) is 1.